The second-order valence-electron chi connectivity index (χ2n) is 24.4. The molecule has 0 saturated heterocycles. The Morgan fingerprint density at radius 3 is 1.46 bits per heavy atom. The zero-order chi connectivity index (χ0) is 63.7. The van der Waals surface area contributed by atoms with E-state index in [-0.39, 0.29) is 16.9 Å². The number of aromatic nitrogens is 2. The van der Waals surface area contributed by atoms with Crippen LogP contribution in [0.25, 0.3) is 62.0 Å². The van der Waals surface area contributed by atoms with Crippen LogP contribution >= 0.6 is 69.9 Å². The van der Waals surface area contributed by atoms with Crippen LogP contribution in [0.3, 0.4) is 0 Å². The van der Waals surface area contributed by atoms with Gasteiger partial charge < -0.3 is 0 Å². The Balaban J connectivity index is 1.07. The molecule has 3 aliphatic rings. The summed E-state index contributed by atoms with van der Waals surface area (Å²) in [6.07, 6.45) is 23.8. The first-order valence-corrected chi connectivity index (χ1v) is 36.2. The van der Waals surface area contributed by atoms with E-state index in [1.54, 1.807) is 17.4 Å². The maximum Gasteiger partial charge on any atom is 0.130 e. The number of fused-ring (bicyclic) bond motifs is 10. The number of benzene rings is 5. The normalized spacial score (nSPS) is 16.5. The maximum absolute atomic E-state index is 9.79. The summed E-state index contributed by atoms with van der Waals surface area (Å²) in [7, 11) is 0. The molecule has 0 spiro atoms. The van der Waals surface area contributed by atoms with E-state index in [0.717, 1.165) is 58.2 Å². The fraction of sp³-hybridized carbons (Fsp3) is 0.256. The molecule has 92 heavy (non-hydrogen) atoms. The van der Waals surface area contributed by atoms with Crippen LogP contribution in [0.1, 0.15) is 168 Å². The monoisotopic (exact) mass is 1310 g/mol. The van der Waals surface area contributed by atoms with Crippen LogP contribution in [0.4, 0.5) is 0 Å². The zero-order valence-electron chi connectivity index (χ0n) is 51.9. The first kappa shape index (κ1) is 62.4. The lowest BCUT2D eigenvalue weighted by Crippen LogP contribution is -2.29. The van der Waals surface area contributed by atoms with Crippen molar-refractivity contribution in [1.29, 1.82) is 26.5 Å². The number of nitriles is 4. The first-order valence-electron chi connectivity index (χ1n) is 31.8. The minimum atomic E-state index is -0.788. The van der Waals surface area contributed by atoms with Gasteiger partial charge in [0.15, 0.2) is 0 Å². The quantitative estimate of drug-likeness (QED) is 0.0298. The molecule has 8 nitrogen and oxygen atoms in total. The second kappa shape index (κ2) is 26.7. The minimum absolute atomic E-state index is 0.0106. The zero-order valence-corrected chi connectivity index (χ0v) is 56.9. The second-order valence-corrected chi connectivity index (χ2v) is 29.3. The molecule has 5 heterocycles. The highest BCUT2D eigenvalue weighted by Gasteiger charge is 2.55. The van der Waals surface area contributed by atoms with E-state index in [2.05, 4.69) is 160 Å². The summed E-state index contributed by atoms with van der Waals surface area (Å²) < 4.78 is 16.5. The summed E-state index contributed by atoms with van der Waals surface area (Å²) in [5, 5.41) is 48.8. The van der Waals surface area contributed by atoms with Crippen molar-refractivity contribution in [2.45, 2.75) is 128 Å². The van der Waals surface area contributed by atoms with Crippen molar-refractivity contribution in [3.05, 3.63) is 233 Å². The number of aryl methyl sites for hydroxylation is 4. The molecular weight excluding hydrogens is 1240 g/mol. The van der Waals surface area contributed by atoms with E-state index in [0.29, 0.717) is 27.9 Å². The molecule has 0 fully saturated rings. The van der Waals surface area contributed by atoms with Crippen molar-refractivity contribution in [2.24, 2.45) is 4.40 Å². The van der Waals surface area contributed by atoms with Gasteiger partial charge in [-0.05, 0) is 121 Å². The van der Waals surface area contributed by atoms with Crippen LogP contribution in [0, 0.1) is 64.6 Å². The van der Waals surface area contributed by atoms with Gasteiger partial charge in [-0.15, -0.1) is 45.3 Å². The Kier molecular flexibility index (Phi) is 18.1. The van der Waals surface area contributed by atoms with Gasteiger partial charge in [0.25, 0.3) is 0 Å². The van der Waals surface area contributed by atoms with Crippen molar-refractivity contribution < 1.29 is 0 Å². The average Bonchev–Trinajstić information content (AvgIpc) is 1.49. The molecule has 0 aliphatic heterocycles. The summed E-state index contributed by atoms with van der Waals surface area (Å²) in [5.74, 6) is 0. The minimum Gasteiger partial charge on any atom is -0.298 e. The molecule has 0 amide bonds. The predicted octanol–water partition coefficient (Wildman–Crippen LogP) is 21.9. The summed E-state index contributed by atoms with van der Waals surface area (Å²) in [5.41, 5.74) is 17.9. The molecule has 3 aliphatic carbocycles. The van der Waals surface area contributed by atoms with Crippen LogP contribution in [-0.2, 0) is 23.7 Å². The number of hydrogen-bond donors (Lipinski definition) is 2. The molecule has 1 N–H and O–H groups in total. The molecule has 0 saturated carbocycles. The Morgan fingerprint density at radius 2 is 0.967 bits per heavy atom. The molecule has 13 rings (SSSR count). The lowest BCUT2D eigenvalue weighted by Gasteiger charge is -2.34. The topological polar surface area (TPSA) is 157 Å². The van der Waals surface area contributed by atoms with Gasteiger partial charge >= 0.3 is 0 Å². The Morgan fingerprint density at radius 1 is 0.522 bits per heavy atom. The first-order chi connectivity index (χ1) is 45.0. The highest BCUT2D eigenvalue weighted by molar-refractivity contribution is 7.79. The Bertz CT molecular complexity index is 4840. The molecule has 10 aromatic rings. The number of allylic oxidation sites excluding steroid dienone is 7. The molecule has 454 valence electrons. The van der Waals surface area contributed by atoms with Crippen molar-refractivity contribution >= 4 is 113 Å². The largest absolute Gasteiger partial charge is 0.298 e. The van der Waals surface area contributed by atoms with Crippen LogP contribution in [0.2, 0.25) is 0 Å². The van der Waals surface area contributed by atoms with Crippen molar-refractivity contribution in [1.82, 2.24) is 8.75 Å². The Hall–Kier alpha value is -8.41. The highest BCUT2D eigenvalue weighted by atomic mass is 32.1. The van der Waals surface area contributed by atoms with Crippen LogP contribution in [0.15, 0.2) is 161 Å². The fourth-order valence-electron chi connectivity index (χ4n) is 14.1. The van der Waals surface area contributed by atoms with Crippen molar-refractivity contribution in [3.8, 4) is 54.2 Å². The van der Waals surface area contributed by atoms with E-state index in [9.17, 15) is 26.5 Å². The number of rotatable bonds is 22. The van der Waals surface area contributed by atoms with Crippen molar-refractivity contribution in [2.75, 3.05) is 0 Å². The Labute approximate surface area is 564 Å². The SMILES string of the molecule is CCCCCCCCc1ccc(C2(c3ccc(C)cc3)c3cc(C4=CC=C(C=C(C#N)C#N)C(=NS)C4=N)sc3-c3sc4c5c(sc4c32)-c2sc(-c3ccc(C=C(C#N)C#N)c4nsnc34)cc2C5(c2ccc(C)cc2)c2ccc(CCCCCCCC)cc2)cc1. The lowest BCUT2D eigenvalue weighted by molar-refractivity contribution is 0.607. The van der Waals surface area contributed by atoms with Crippen LogP contribution in [-0.4, -0.2) is 20.2 Å². The highest BCUT2D eigenvalue weighted by Crippen LogP contribution is 2.70. The molecular formula is C78H66N8S6. The summed E-state index contributed by atoms with van der Waals surface area (Å²) >= 11 is 12.9. The van der Waals surface area contributed by atoms with Gasteiger partial charge in [0.1, 0.15) is 52.2 Å². The van der Waals surface area contributed by atoms with Gasteiger partial charge in [-0.25, -0.2) is 4.40 Å². The summed E-state index contributed by atoms with van der Waals surface area (Å²) in [6, 6.07) is 54.3. The summed E-state index contributed by atoms with van der Waals surface area (Å²) in [4.78, 5) is 6.87. The van der Waals surface area contributed by atoms with Crippen LogP contribution in [0.5, 0.6) is 0 Å². The maximum atomic E-state index is 9.79. The number of nitrogens with one attached hydrogen (secondary N) is 1. The number of unbranched alkanes of at least 4 members (excludes halogenated alkanes) is 10. The van der Waals surface area contributed by atoms with E-state index in [1.165, 1.54) is 166 Å². The summed E-state index contributed by atoms with van der Waals surface area (Å²) in [6.45, 7) is 8.86. The molecule has 2 atom stereocenters. The van der Waals surface area contributed by atoms with Gasteiger partial charge in [-0.2, -0.15) is 29.8 Å². The smallest absolute Gasteiger partial charge is 0.130 e. The van der Waals surface area contributed by atoms with Gasteiger partial charge in [0.2, 0.25) is 0 Å². The number of nitrogens with zero attached hydrogens (tertiary/aromatic N) is 7. The molecule has 14 heteroatoms. The van der Waals surface area contributed by atoms with E-state index in [1.807, 2.05) is 76.5 Å². The van der Waals surface area contributed by atoms with E-state index >= 15 is 0 Å². The van der Waals surface area contributed by atoms with E-state index in [4.69, 9.17) is 8.75 Å². The van der Waals surface area contributed by atoms with Crippen LogP contribution < -0.4 is 0 Å². The standard InChI is InChI=1S/C78H66N8S6/c1-5-7-9-11-13-15-17-49-23-33-57(34-24-49)77(55-29-19-47(3)20-30-55)61-41-63(59-37-27-53(39-51(43-79)44-80)68(84-87)67(59)83)88-71(61)73-65(77)75-76(90-73)66-74(91-75)72-62(42-64(89-72)60-38-28-54(40-52(45-81)46-82)69-70(60)86-92-85-69)78(66,56-31-21-48(4)22-32-56)58-35-25-50(26-36-58)18-16-14-12-10-8-6-2/h19-42,83,87H,5-18H2,1-4H3. The third kappa shape index (κ3) is 10.8. The predicted molar refractivity (Wildman–Crippen MR) is 389 cm³/mol. The average molecular weight is 1310 g/mol. The molecule has 0 radical (unpaired) electrons. The number of thiol groups is 1. The third-order valence-corrected chi connectivity index (χ3v) is 24.6. The van der Waals surface area contributed by atoms with Gasteiger partial charge in [0, 0.05) is 43.2 Å². The van der Waals surface area contributed by atoms with E-state index < -0.39 is 10.8 Å². The molecule has 5 aromatic heterocycles. The number of thiophene rings is 4. The molecule has 2 unspecified atom stereocenters. The third-order valence-electron chi connectivity index (χ3n) is 18.7. The van der Waals surface area contributed by atoms with Gasteiger partial charge in [0.05, 0.1) is 57.2 Å². The van der Waals surface area contributed by atoms with Gasteiger partial charge in [-0.1, -0.05) is 211 Å². The molecule has 5 aromatic carbocycles. The fourth-order valence-corrected chi connectivity index (χ4v) is 20.8. The lowest BCUT2D eigenvalue weighted by atomic mass is 9.67. The van der Waals surface area contributed by atoms with Gasteiger partial charge in [-0.3, -0.25) is 5.41 Å². The van der Waals surface area contributed by atoms with Crippen molar-refractivity contribution in [3.63, 3.8) is 0 Å². The number of hydrogen-bond acceptors (Lipinski definition) is 14. The molecule has 0 bridgehead atoms.